The Hall–Kier alpha value is -2.73. The highest BCUT2D eigenvalue weighted by molar-refractivity contribution is 6.31. The Labute approximate surface area is 154 Å². The van der Waals surface area contributed by atoms with Crippen LogP contribution in [0.5, 0.6) is 0 Å². The number of aromatic nitrogens is 2. The fourth-order valence-corrected chi connectivity index (χ4v) is 3.20. The molecule has 0 N–H and O–H groups in total. The van der Waals surface area contributed by atoms with Crippen molar-refractivity contribution in [2.24, 2.45) is 0 Å². The summed E-state index contributed by atoms with van der Waals surface area (Å²) in [6.07, 6.45) is 0.254. The standard InChI is InChI=1S/C19H15ClFN3O2/c1-11-6-7-13(9-15(11)20)24-10-12(8-17(24)25)19-22-18(23-26-19)14-4-2-3-5-16(14)21/h2-7,9,12H,8,10H2,1H3. The number of amides is 1. The predicted octanol–water partition coefficient (Wildman–Crippen LogP) is 4.36. The van der Waals surface area contributed by atoms with Crippen LogP contribution in [0.25, 0.3) is 11.4 Å². The highest BCUT2D eigenvalue weighted by Crippen LogP contribution is 2.33. The molecule has 3 aromatic rings. The minimum atomic E-state index is -0.418. The molecule has 2 aromatic carbocycles. The number of aryl methyl sites for hydroxylation is 1. The van der Waals surface area contributed by atoms with Gasteiger partial charge in [-0.15, -0.1) is 0 Å². The molecular weight excluding hydrogens is 357 g/mol. The molecule has 1 atom stereocenters. The van der Waals surface area contributed by atoms with Crippen LogP contribution in [-0.4, -0.2) is 22.6 Å². The molecule has 1 amide bonds. The average Bonchev–Trinajstić information content (AvgIpc) is 3.25. The summed E-state index contributed by atoms with van der Waals surface area (Å²) < 4.78 is 19.2. The van der Waals surface area contributed by atoms with Crippen LogP contribution >= 0.6 is 11.6 Å². The molecule has 0 saturated carbocycles. The highest BCUT2D eigenvalue weighted by atomic mass is 35.5. The molecule has 4 rings (SSSR count). The zero-order valence-corrected chi connectivity index (χ0v) is 14.7. The van der Waals surface area contributed by atoms with Crippen LogP contribution in [0.3, 0.4) is 0 Å². The van der Waals surface area contributed by atoms with E-state index in [4.69, 9.17) is 16.1 Å². The minimum absolute atomic E-state index is 0.0411. The monoisotopic (exact) mass is 371 g/mol. The van der Waals surface area contributed by atoms with Crippen LogP contribution in [0.4, 0.5) is 10.1 Å². The molecule has 1 aliphatic rings. The fraction of sp³-hybridized carbons (Fsp3) is 0.211. The third-order valence-electron chi connectivity index (χ3n) is 4.50. The molecule has 7 heteroatoms. The maximum atomic E-state index is 13.9. The van der Waals surface area contributed by atoms with Crippen LogP contribution in [0.1, 0.15) is 23.8 Å². The SMILES string of the molecule is Cc1ccc(N2CC(c3nc(-c4ccccc4F)no3)CC2=O)cc1Cl. The number of carbonyl (C=O) groups is 1. The van der Waals surface area contributed by atoms with Crippen molar-refractivity contribution in [2.75, 3.05) is 11.4 Å². The molecule has 132 valence electrons. The summed E-state index contributed by atoms with van der Waals surface area (Å²) in [5.74, 6) is -0.186. The largest absolute Gasteiger partial charge is 0.339 e. The van der Waals surface area contributed by atoms with Gasteiger partial charge in [-0.25, -0.2) is 4.39 Å². The van der Waals surface area contributed by atoms with E-state index in [-0.39, 0.29) is 29.6 Å². The molecule has 1 fully saturated rings. The molecule has 2 heterocycles. The molecule has 0 bridgehead atoms. The third-order valence-corrected chi connectivity index (χ3v) is 4.91. The van der Waals surface area contributed by atoms with Gasteiger partial charge in [0.05, 0.1) is 11.5 Å². The van der Waals surface area contributed by atoms with E-state index < -0.39 is 5.82 Å². The van der Waals surface area contributed by atoms with Gasteiger partial charge >= 0.3 is 0 Å². The van der Waals surface area contributed by atoms with Crippen molar-refractivity contribution in [3.63, 3.8) is 0 Å². The minimum Gasteiger partial charge on any atom is -0.339 e. The predicted molar refractivity (Wildman–Crippen MR) is 95.6 cm³/mol. The number of halogens is 2. The van der Waals surface area contributed by atoms with Crippen molar-refractivity contribution in [2.45, 2.75) is 19.3 Å². The number of anilines is 1. The van der Waals surface area contributed by atoms with E-state index >= 15 is 0 Å². The number of carbonyl (C=O) groups excluding carboxylic acids is 1. The van der Waals surface area contributed by atoms with Crippen molar-refractivity contribution < 1.29 is 13.7 Å². The van der Waals surface area contributed by atoms with E-state index in [9.17, 15) is 9.18 Å². The Morgan fingerprint density at radius 1 is 1.27 bits per heavy atom. The van der Waals surface area contributed by atoms with E-state index in [1.807, 2.05) is 19.1 Å². The molecule has 1 aromatic heterocycles. The lowest BCUT2D eigenvalue weighted by Crippen LogP contribution is -2.24. The first-order valence-corrected chi connectivity index (χ1v) is 8.56. The first-order chi connectivity index (χ1) is 12.5. The van der Waals surface area contributed by atoms with Gasteiger partial charge < -0.3 is 9.42 Å². The second-order valence-corrected chi connectivity index (χ2v) is 6.68. The average molecular weight is 372 g/mol. The lowest BCUT2D eigenvalue weighted by Gasteiger charge is -2.17. The molecule has 5 nitrogen and oxygen atoms in total. The number of rotatable bonds is 3. The Bertz CT molecular complexity index is 988. The highest BCUT2D eigenvalue weighted by Gasteiger charge is 2.35. The summed E-state index contributed by atoms with van der Waals surface area (Å²) in [4.78, 5) is 18.4. The van der Waals surface area contributed by atoms with Crippen molar-refractivity contribution >= 4 is 23.2 Å². The summed E-state index contributed by atoms with van der Waals surface area (Å²) >= 11 is 6.16. The lowest BCUT2D eigenvalue weighted by atomic mass is 10.1. The van der Waals surface area contributed by atoms with Crippen LogP contribution < -0.4 is 4.90 Å². The van der Waals surface area contributed by atoms with Crippen molar-refractivity contribution in [1.29, 1.82) is 0 Å². The number of benzene rings is 2. The summed E-state index contributed by atoms with van der Waals surface area (Å²) in [7, 11) is 0. The van der Waals surface area contributed by atoms with E-state index in [1.165, 1.54) is 6.07 Å². The van der Waals surface area contributed by atoms with Gasteiger partial charge in [-0.05, 0) is 36.8 Å². The van der Waals surface area contributed by atoms with Crippen molar-refractivity contribution in [3.8, 4) is 11.4 Å². The zero-order chi connectivity index (χ0) is 18.3. The summed E-state index contributed by atoms with van der Waals surface area (Å²) in [5, 5.41) is 4.47. The second kappa shape index (κ2) is 6.53. The molecule has 0 radical (unpaired) electrons. The van der Waals surface area contributed by atoms with Gasteiger partial charge in [0.2, 0.25) is 17.6 Å². The number of hydrogen-bond acceptors (Lipinski definition) is 4. The lowest BCUT2D eigenvalue weighted by molar-refractivity contribution is -0.117. The van der Waals surface area contributed by atoms with Crippen LogP contribution in [-0.2, 0) is 4.79 Å². The normalized spacial score (nSPS) is 17.1. The van der Waals surface area contributed by atoms with E-state index in [1.54, 1.807) is 29.2 Å². The van der Waals surface area contributed by atoms with Gasteiger partial charge in [-0.3, -0.25) is 4.79 Å². The van der Waals surface area contributed by atoms with E-state index in [0.29, 0.717) is 17.5 Å². The number of nitrogens with zero attached hydrogens (tertiary/aromatic N) is 3. The van der Waals surface area contributed by atoms with Gasteiger partial charge in [-0.2, -0.15) is 4.98 Å². The van der Waals surface area contributed by atoms with Gasteiger partial charge in [0, 0.05) is 23.7 Å². The van der Waals surface area contributed by atoms with Gasteiger partial charge in [0.1, 0.15) is 5.82 Å². The Morgan fingerprint density at radius 3 is 2.85 bits per heavy atom. The maximum absolute atomic E-state index is 13.9. The van der Waals surface area contributed by atoms with Crippen molar-refractivity contribution in [1.82, 2.24) is 10.1 Å². The summed E-state index contributed by atoms with van der Waals surface area (Å²) in [6.45, 7) is 2.32. The second-order valence-electron chi connectivity index (χ2n) is 6.27. The van der Waals surface area contributed by atoms with Gasteiger partial charge in [-0.1, -0.05) is 35.0 Å². The van der Waals surface area contributed by atoms with Gasteiger partial charge in [0.15, 0.2) is 0 Å². The fourth-order valence-electron chi connectivity index (χ4n) is 3.03. The Morgan fingerprint density at radius 2 is 2.08 bits per heavy atom. The topological polar surface area (TPSA) is 59.2 Å². The number of hydrogen-bond donors (Lipinski definition) is 0. The maximum Gasteiger partial charge on any atom is 0.232 e. The Balaban J connectivity index is 1.58. The molecule has 26 heavy (non-hydrogen) atoms. The van der Waals surface area contributed by atoms with Crippen molar-refractivity contribution in [3.05, 3.63) is 64.8 Å². The molecule has 0 spiro atoms. The molecule has 1 unspecified atom stereocenters. The molecular formula is C19H15ClFN3O2. The quantitative estimate of drug-likeness (QED) is 0.686. The van der Waals surface area contributed by atoms with Crippen LogP contribution in [0.2, 0.25) is 5.02 Å². The van der Waals surface area contributed by atoms with Crippen LogP contribution in [0, 0.1) is 12.7 Å². The molecule has 1 saturated heterocycles. The first kappa shape index (κ1) is 16.7. The molecule has 0 aliphatic carbocycles. The summed E-state index contributed by atoms with van der Waals surface area (Å²) in [6, 6.07) is 11.7. The third kappa shape index (κ3) is 2.97. The van der Waals surface area contributed by atoms with E-state index in [0.717, 1.165) is 11.3 Å². The smallest absolute Gasteiger partial charge is 0.232 e. The van der Waals surface area contributed by atoms with E-state index in [2.05, 4.69) is 10.1 Å². The van der Waals surface area contributed by atoms with Gasteiger partial charge in [0.25, 0.3) is 0 Å². The Kier molecular flexibility index (Phi) is 4.20. The first-order valence-electron chi connectivity index (χ1n) is 8.18. The zero-order valence-electron chi connectivity index (χ0n) is 13.9. The summed E-state index contributed by atoms with van der Waals surface area (Å²) in [5.41, 5.74) is 1.96. The molecule has 1 aliphatic heterocycles. The van der Waals surface area contributed by atoms with Crippen LogP contribution in [0.15, 0.2) is 47.0 Å².